The van der Waals surface area contributed by atoms with Gasteiger partial charge in [0.1, 0.15) is 5.69 Å². The second-order valence-electron chi connectivity index (χ2n) is 5.60. The lowest BCUT2D eigenvalue weighted by molar-refractivity contribution is 0.0723. The zero-order valence-electron chi connectivity index (χ0n) is 12.6. The molecule has 3 rings (SSSR count). The molecule has 1 unspecified atom stereocenters. The largest absolute Gasteiger partial charge is 0.330 e. The van der Waals surface area contributed by atoms with E-state index in [1.54, 1.807) is 10.9 Å². The molecule has 1 atom stereocenters. The van der Waals surface area contributed by atoms with Gasteiger partial charge in [-0.15, -0.1) is 0 Å². The van der Waals surface area contributed by atoms with Gasteiger partial charge in [0.25, 0.3) is 5.91 Å². The second kappa shape index (κ2) is 5.72. The standard InChI is InChI=1S/C17H21N3O/c1-3-20-16(9-10-18-20)17(21)19-11-5-8-15(19)14-7-4-6-13(2)12-14/h4,6-7,9-10,12,15H,3,5,8,11H2,1-2H3. The highest BCUT2D eigenvalue weighted by Gasteiger charge is 2.31. The van der Waals surface area contributed by atoms with Crippen LogP contribution < -0.4 is 0 Å². The maximum Gasteiger partial charge on any atom is 0.272 e. The summed E-state index contributed by atoms with van der Waals surface area (Å²) in [6, 6.07) is 10.5. The van der Waals surface area contributed by atoms with E-state index in [0.29, 0.717) is 5.69 Å². The number of aromatic nitrogens is 2. The van der Waals surface area contributed by atoms with Crippen molar-refractivity contribution < 1.29 is 4.79 Å². The number of amides is 1. The maximum atomic E-state index is 12.8. The van der Waals surface area contributed by atoms with Crippen LogP contribution in [0.25, 0.3) is 0 Å². The summed E-state index contributed by atoms with van der Waals surface area (Å²) in [4.78, 5) is 14.8. The fraction of sp³-hybridized carbons (Fsp3) is 0.412. The molecule has 0 N–H and O–H groups in total. The van der Waals surface area contributed by atoms with Crippen LogP contribution in [0, 0.1) is 6.92 Å². The Kier molecular flexibility index (Phi) is 3.78. The molecule has 1 aromatic carbocycles. The van der Waals surface area contributed by atoms with Crippen LogP contribution in [-0.2, 0) is 6.54 Å². The van der Waals surface area contributed by atoms with Crippen molar-refractivity contribution in [2.24, 2.45) is 0 Å². The highest BCUT2D eigenvalue weighted by Crippen LogP contribution is 2.33. The monoisotopic (exact) mass is 283 g/mol. The number of aryl methyl sites for hydroxylation is 2. The first-order valence-corrected chi connectivity index (χ1v) is 7.60. The van der Waals surface area contributed by atoms with E-state index in [2.05, 4.69) is 36.3 Å². The summed E-state index contributed by atoms with van der Waals surface area (Å²) in [6.07, 6.45) is 3.80. The van der Waals surface area contributed by atoms with Gasteiger partial charge in [0.15, 0.2) is 0 Å². The van der Waals surface area contributed by atoms with E-state index in [9.17, 15) is 4.79 Å². The van der Waals surface area contributed by atoms with Crippen molar-refractivity contribution in [1.82, 2.24) is 14.7 Å². The average molecular weight is 283 g/mol. The van der Waals surface area contributed by atoms with Crippen molar-refractivity contribution in [3.8, 4) is 0 Å². The van der Waals surface area contributed by atoms with Gasteiger partial charge in [-0.1, -0.05) is 29.8 Å². The summed E-state index contributed by atoms with van der Waals surface area (Å²) >= 11 is 0. The lowest BCUT2D eigenvalue weighted by Gasteiger charge is -2.25. The molecule has 2 aromatic rings. The maximum absolute atomic E-state index is 12.8. The molecule has 0 bridgehead atoms. The van der Waals surface area contributed by atoms with E-state index < -0.39 is 0 Å². The summed E-state index contributed by atoms with van der Waals surface area (Å²) in [5, 5.41) is 4.21. The molecule has 0 saturated carbocycles. The molecule has 110 valence electrons. The third kappa shape index (κ3) is 2.58. The van der Waals surface area contributed by atoms with Crippen LogP contribution in [0.1, 0.15) is 47.4 Å². The minimum absolute atomic E-state index is 0.0957. The summed E-state index contributed by atoms with van der Waals surface area (Å²) in [5.41, 5.74) is 3.17. The number of nitrogens with zero attached hydrogens (tertiary/aromatic N) is 3. The third-order valence-electron chi connectivity index (χ3n) is 4.18. The SMILES string of the molecule is CCn1nccc1C(=O)N1CCCC1c1cccc(C)c1. The van der Waals surface area contributed by atoms with E-state index in [4.69, 9.17) is 0 Å². The van der Waals surface area contributed by atoms with Gasteiger partial charge in [0.05, 0.1) is 6.04 Å². The van der Waals surface area contributed by atoms with Crippen LogP contribution in [0.15, 0.2) is 36.5 Å². The molecular weight excluding hydrogens is 262 g/mol. The molecule has 1 aliphatic heterocycles. The highest BCUT2D eigenvalue weighted by molar-refractivity contribution is 5.93. The van der Waals surface area contributed by atoms with Gasteiger partial charge in [-0.05, 0) is 38.3 Å². The Morgan fingerprint density at radius 2 is 2.24 bits per heavy atom. The highest BCUT2D eigenvalue weighted by atomic mass is 16.2. The molecule has 4 nitrogen and oxygen atoms in total. The number of benzene rings is 1. The van der Waals surface area contributed by atoms with Crippen molar-refractivity contribution in [1.29, 1.82) is 0 Å². The average Bonchev–Trinajstić information content (AvgIpc) is 3.15. The van der Waals surface area contributed by atoms with E-state index in [1.165, 1.54) is 11.1 Å². The second-order valence-corrected chi connectivity index (χ2v) is 5.60. The van der Waals surface area contributed by atoms with Crippen molar-refractivity contribution >= 4 is 5.91 Å². The Balaban J connectivity index is 1.89. The van der Waals surface area contributed by atoms with Crippen LogP contribution in [0.2, 0.25) is 0 Å². The Morgan fingerprint density at radius 1 is 1.38 bits per heavy atom. The van der Waals surface area contributed by atoms with Gasteiger partial charge in [0, 0.05) is 19.3 Å². The predicted octanol–water partition coefficient (Wildman–Crippen LogP) is 3.19. The van der Waals surface area contributed by atoms with Gasteiger partial charge >= 0.3 is 0 Å². The van der Waals surface area contributed by atoms with Crippen molar-refractivity contribution in [2.75, 3.05) is 6.54 Å². The Labute approximate surface area is 125 Å². The van der Waals surface area contributed by atoms with Crippen LogP contribution in [0.3, 0.4) is 0 Å². The number of carbonyl (C=O) groups is 1. The molecule has 1 aromatic heterocycles. The zero-order chi connectivity index (χ0) is 14.8. The number of carbonyl (C=O) groups excluding carboxylic acids is 1. The molecule has 0 radical (unpaired) electrons. The molecule has 1 aliphatic rings. The van der Waals surface area contributed by atoms with E-state index in [1.807, 2.05) is 17.9 Å². The Morgan fingerprint density at radius 3 is 3.00 bits per heavy atom. The summed E-state index contributed by atoms with van der Waals surface area (Å²) in [5.74, 6) is 0.0957. The van der Waals surface area contributed by atoms with Crippen molar-refractivity contribution in [3.63, 3.8) is 0 Å². The first-order chi connectivity index (χ1) is 10.2. The molecule has 4 heteroatoms. The van der Waals surface area contributed by atoms with Gasteiger partial charge in [0.2, 0.25) is 0 Å². The summed E-state index contributed by atoms with van der Waals surface area (Å²) < 4.78 is 1.77. The number of hydrogen-bond acceptors (Lipinski definition) is 2. The predicted molar refractivity (Wildman–Crippen MR) is 82.1 cm³/mol. The van der Waals surface area contributed by atoms with Crippen LogP contribution in [-0.4, -0.2) is 27.1 Å². The fourth-order valence-corrected chi connectivity index (χ4v) is 3.15. The lowest BCUT2D eigenvalue weighted by atomic mass is 10.0. The Bertz CT molecular complexity index is 647. The zero-order valence-corrected chi connectivity index (χ0v) is 12.6. The van der Waals surface area contributed by atoms with Crippen LogP contribution in [0.4, 0.5) is 0 Å². The smallest absolute Gasteiger partial charge is 0.272 e. The van der Waals surface area contributed by atoms with E-state index >= 15 is 0 Å². The quantitative estimate of drug-likeness (QED) is 0.867. The fourth-order valence-electron chi connectivity index (χ4n) is 3.15. The van der Waals surface area contributed by atoms with Crippen molar-refractivity contribution in [3.05, 3.63) is 53.3 Å². The van der Waals surface area contributed by atoms with Crippen molar-refractivity contribution in [2.45, 2.75) is 39.3 Å². The lowest BCUT2D eigenvalue weighted by Crippen LogP contribution is -2.32. The molecular formula is C17H21N3O. The van der Waals surface area contributed by atoms with Crippen LogP contribution >= 0.6 is 0 Å². The molecule has 2 heterocycles. The number of hydrogen-bond donors (Lipinski definition) is 0. The first-order valence-electron chi connectivity index (χ1n) is 7.60. The molecule has 0 aliphatic carbocycles. The molecule has 1 saturated heterocycles. The molecule has 1 amide bonds. The first kappa shape index (κ1) is 13.9. The molecule has 1 fully saturated rings. The number of likely N-dealkylation sites (tertiary alicyclic amines) is 1. The minimum Gasteiger partial charge on any atom is -0.330 e. The van der Waals surface area contributed by atoms with E-state index in [-0.39, 0.29) is 11.9 Å². The number of rotatable bonds is 3. The van der Waals surface area contributed by atoms with Gasteiger partial charge < -0.3 is 4.90 Å². The van der Waals surface area contributed by atoms with Gasteiger partial charge in [-0.25, -0.2) is 0 Å². The van der Waals surface area contributed by atoms with Gasteiger partial charge in [-0.2, -0.15) is 5.10 Å². The topological polar surface area (TPSA) is 38.1 Å². The molecule has 0 spiro atoms. The van der Waals surface area contributed by atoms with E-state index in [0.717, 1.165) is 25.9 Å². The van der Waals surface area contributed by atoms with Gasteiger partial charge in [-0.3, -0.25) is 9.48 Å². The minimum atomic E-state index is 0.0957. The molecule has 21 heavy (non-hydrogen) atoms. The summed E-state index contributed by atoms with van der Waals surface area (Å²) in [6.45, 7) is 5.64. The summed E-state index contributed by atoms with van der Waals surface area (Å²) in [7, 11) is 0. The Hall–Kier alpha value is -2.10. The third-order valence-corrected chi connectivity index (χ3v) is 4.18. The van der Waals surface area contributed by atoms with Crippen LogP contribution in [0.5, 0.6) is 0 Å². The normalized spacial score (nSPS) is 18.2.